The Bertz CT molecular complexity index is 955. The molecule has 6 nitrogen and oxygen atoms in total. The van der Waals surface area contributed by atoms with Crippen molar-refractivity contribution in [2.45, 2.75) is 26.7 Å². The number of piperazine rings is 1. The lowest BCUT2D eigenvalue weighted by Gasteiger charge is -2.34. The molecule has 0 radical (unpaired) electrons. The number of amides is 1. The van der Waals surface area contributed by atoms with Crippen LogP contribution in [0.2, 0.25) is 0 Å². The molecule has 0 bridgehead atoms. The van der Waals surface area contributed by atoms with Crippen LogP contribution in [0.4, 0.5) is 0 Å². The van der Waals surface area contributed by atoms with Crippen LogP contribution in [-0.4, -0.2) is 62.8 Å². The van der Waals surface area contributed by atoms with Gasteiger partial charge in [0.15, 0.2) is 5.65 Å². The molecule has 146 valence electrons. The summed E-state index contributed by atoms with van der Waals surface area (Å²) in [5.41, 5.74) is 4.21. The quantitative estimate of drug-likeness (QED) is 0.685. The zero-order valence-corrected chi connectivity index (χ0v) is 16.6. The zero-order valence-electron chi connectivity index (χ0n) is 16.6. The van der Waals surface area contributed by atoms with E-state index < -0.39 is 0 Å². The highest BCUT2D eigenvalue weighted by Crippen LogP contribution is 2.22. The molecule has 1 aliphatic heterocycles. The van der Waals surface area contributed by atoms with Gasteiger partial charge in [0.2, 0.25) is 0 Å². The van der Waals surface area contributed by atoms with Crippen molar-refractivity contribution in [3.8, 4) is 11.3 Å². The maximum Gasteiger partial charge on any atom is 0.274 e. The molecule has 0 spiro atoms. The average Bonchev–Trinajstić information content (AvgIpc) is 3.17. The van der Waals surface area contributed by atoms with E-state index in [2.05, 4.69) is 40.8 Å². The molecule has 0 unspecified atom stereocenters. The maximum atomic E-state index is 13.0. The first-order valence-corrected chi connectivity index (χ1v) is 10.1. The summed E-state index contributed by atoms with van der Waals surface area (Å²) in [7, 11) is 0. The van der Waals surface area contributed by atoms with E-state index in [-0.39, 0.29) is 5.91 Å². The van der Waals surface area contributed by atoms with Gasteiger partial charge in [-0.05, 0) is 19.9 Å². The Kier molecular flexibility index (Phi) is 5.39. The SMILES string of the molecule is CCCCN1CCN(C(=O)c2cn3ccnc(-c4ccc(C)cc4)c3n2)CC1. The second-order valence-corrected chi connectivity index (χ2v) is 7.49. The predicted octanol–water partition coefficient (Wildman–Crippen LogP) is 3.26. The fraction of sp³-hybridized carbons (Fsp3) is 0.409. The molecule has 3 aromatic rings. The van der Waals surface area contributed by atoms with Crippen LogP contribution in [0.3, 0.4) is 0 Å². The summed E-state index contributed by atoms with van der Waals surface area (Å²) in [6.07, 6.45) is 7.84. The third-order valence-corrected chi connectivity index (χ3v) is 5.41. The number of hydrogen-bond donors (Lipinski definition) is 0. The molecule has 1 amide bonds. The molecular formula is C22H27N5O. The van der Waals surface area contributed by atoms with Gasteiger partial charge >= 0.3 is 0 Å². The fourth-order valence-electron chi connectivity index (χ4n) is 3.66. The van der Waals surface area contributed by atoms with Gasteiger partial charge < -0.3 is 9.30 Å². The van der Waals surface area contributed by atoms with E-state index in [1.807, 2.05) is 33.8 Å². The van der Waals surface area contributed by atoms with E-state index in [1.54, 1.807) is 6.20 Å². The topological polar surface area (TPSA) is 53.7 Å². The number of aryl methyl sites for hydroxylation is 1. The first-order valence-electron chi connectivity index (χ1n) is 10.1. The number of benzene rings is 1. The van der Waals surface area contributed by atoms with Crippen molar-refractivity contribution in [1.29, 1.82) is 0 Å². The molecule has 1 fully saturated rings. The average molecular weight is 377 g/mol. The summed E-state index contributed by atoms with van der Waals surface area (Å²) in [5, 5.41) is 0. The van der Waals surface area contributed by atoms with Gasteiger partial charge in [-0.15, -0.1) is 0 Å². The molecule has 28 heavy (non-hydrogen) atoms. The molecule has 0 aliphatic carbocycles. The van der Waals surface area contributed by atoms with Crippen LogP contribution < -0.4 is 0 Å². The lowest BCUT2D eigenvalue weighted by atomic mass is 10.1. The number of fused-ring (bicyclic) bond motifs is 1. The molecule has 1 aromatic carbocycles. The molecule has 2 aromatic heterocycles. The number of nitrogens with zero attached hydrogens (tertiary/aromatic N) is 5. The van der Waals surface area contributed by atoms with Crippen LogP contribution in [0.5, 0.6) is 0 Å². The summed E-state index contributed by atoms with van der Waals surface area (Å²) < 4.78 is 1.90. The van der Waals surface area contributed by atoms with E-state index in [1.165, 1.54) is 18.4 Å². The van der Waals surface area contributed by atoms with Crippen molar-refractivity contribution in [3.63, 3.8) is 0 Å². The maximum absolute atomic E-state index is 13.0. The Hall–Kier alpha value is -2.73. The van der Waals surface area contributed by atoms with Crippen LogP contribution in [0.1, 0.15) is 35.8 Å². The number of aromatic nitrogens is 3. The number of imidazole rings is 1. The minimum atomic E-state index is 0.00805. The molecule has 0 N–H and O–H groups in total. The molecule has 6 heteroatoms. The summed E-state index contributed by atoms with van der Waals surface area (Å²) in [5.74, 6) is 0.00805. The Labute approximate surface area is 165 Å². The van der Waals surface area contributed by atoms with Crippen molar-refractivity contribution in [1.82, 2.24) is 24.2 Å². The highest BCUT2D eigenvalue weighted by molar-refractivity contribution is 5.93. The monoisotopic (exact) mass is 377 g/mol. The largest absolute Gasteiger partial charge is 0.335 e. The van der Waals surface area contributed by atoms with E-state index in [4.69, 9.17) is 0 Å². The number of rotatable bonds is 5. The summed E-state index contributed by atoms with van der Waals surface area (Å²) in [6, 6.07) is 8.22. The molecule has 1 aliphatic rings. The van der Waals surface area contributed by atoms with Crippen LogP contribution in [-0.2, 0) is 0 Å². The predicted molar refractivity (Wildman–Crippen MR) is 110 cm³/mol. The van der Waals surface area contributed by atoms with Crippen LogP contribution in [0, 0.1) is 6.92 Å². The molecule has 0 saturated carbocycles. The van der Waals surface area contributed by atoms with Gasteiger partial charge in [0.1, 0.15) is 11.4 Å². The lowest BCUT2D eigenvalue weighted by molar-refractivity contribution is 0.0630. The normalized spacial score (nSPS) is 15.3. The Balaban J connectivity index is 1.54. The van der Waals surface area contributed by atoms with E-state index >= 15 is 0 Å². The van der Waals surface area contributed by atoms with Gasteiger partial charge in [-0.25, -0.2) is 4.98 Å². The zero-order chi connectivity index (χ0) is 19.5. The van der Waals surface area contributed by atoms with Gasteiger partial charge in [0.05, 0.1) is 0 Å². The number of carbonyl (C=O) groups excluding carboxylic acids is 1. The fourth-order valence-corrected chi connectivity index (χ4v) is 3.66. The van der Waals surface area contributed by atoms with Crippen LogP contribution >= 0.6 is 0 Å². The van der Waals surface area contributed by atoms with Gasteiger partial charge in [-0.2, -0.15) is 0 Å². The molecule has 1 saturated heterocycles. The van der Waals surface area contributed by atoms with Crippen LogP contribution in [0.15, 0.2) is 42.9 Å². The molecule has 0 atom stereocenters. The van der Waals surface area contributed by atoms with E-state index in [9.17, 15) is 4.79 Å². The highest BCUT2D eigenvalue weighted by atomic mass is 16.2. The number of unbranched alkanes of at least 4 members (excludes halogenated alkanes) is 1. The second-order valence-electron chi connectivity index (χ2n) is 7.49. The van der Waals surface area contributed by atoms with Crippen molar-refractivity contribution in [2.24, 2.45) is 0 Å². The molecule has 3 heterocycles. The van der Waals surface area contributed by atoms with Gasteiger partial charge in [0, 0.05) is 50.3 Å². The summed E-state index contributed by atoms with van der Waals surface area (Å²) in [4.78, 5) is 26.5. The Morgan fingerprint density at radius 1 is 1.11 bits per heavy atom. The molecule has 4 rings (SSSR count). The minimum Gasteiger partial charge on any atom is -0.335 e. The smallest absolute Gasteiger partial charge is 0.274 e. The standard InChI is InChI=1S/C22H27N5O/c1-3-4-10-25-12-14-26(15-13-25)22(28)19-16-27-11-9-23-20(21(27)24-19)18-7-5-17(2)6-8-18/h5-9,11,16H,3-4,10,12-15H2,1-2H3. The lowest BCUT2D eigenvalue weighted by Crippen LogP contribution is -2.48. The third-order valence-electron chi connectivity index (χ3n) is 5.41. The van der Waals surface area contributed by atoms with Gasteiger partial charge in [-0.1, -0.05) is 43.2 Å². The van der Waals surface area contributed by atoms with E-state index in [0.29, 0.717) is 5.69 Å². The van der Waals surface area contributed by atoms with Crippen molar-refractivity contribution in [3.05, 3.63) is 54.1 Å². The van der Waals surface area contributed by atoms with Crippen molar-refractivity contribution < 1.29 is 4.79 Å². The van der Waals surface area contributed by atoms with Crippen molar-refractivity contribution in [2.75, 3.05) is 32.7 Å². The van der Waals surface area contributed by atoms with Gasteiger partial charge in [-0.3, -0.25) is 14.7 Å². The Morgan fingerprint density at radius 3 is 2.57 bits per heavy atom. The molecular weight excluding hydrogens is 350 g/mol. The highest BCUT2D eigenvalue weighted by Gasteiger charge is 2.24. The summed E-state index contributed by atoms with van der Waals surface area (Å²) in [6.45, 7) is 8.80. The first-order chi connectivity index (χ1) is 13.7. The third kappa shape index (κ3) is 3.78. The second kappa shape index (κ2) is 8.10. The van der Waals surface area contributed by atoms with E-state index in [0.717, 1.165) is 49.6 Å². The number of hydrogen-bond acceptors (Lipinski definition) is 4. The number of carbonyl (C=O) groups is 1. The minimum absolute atomic E-state index is 0.00805. The van der Waals surface area contributed by atoms with Gasteiger partial charge in [0.25, 0.3) is 5.91 Å². The van der Waals surface area contributed by atoms with Crippen molar-refractivity contribution >= 4 is 11.6 Å². The van der Waals surface area contributed by atoms with Crippen LogP contribution in [0.25, 0.3) is 16.9 Å². The Morgan fingerprint density at radius 2 is 1.86 bits per heavy atom. The first kappa shape index (κ1) is 18.6. The summed E-state index contributed by atoms with van der Waals surface area (Å²) >= 11 is 0.